The number of carbonyl (C=O) groups is 1. The minimum atomic E-state index is -0.505. The Kier molecular flexibility index (Phi) is 4.20. The van der Waals surface area contributed by atoms with Crippen molar-refractivity contribution < 1.29 is 9.18 Å². The summed E-state index contributed by atoms with van der Waals surface area (Å²) in [7, 11) is 0. The number of nitrogens with zero attached hydrogens (tertiary/aromatic N) is 2. The third kappa shape index (κ3) is 3.35. The quantitative estimate of drug-likeness (QED) is 0.693. The normalized spacial score (nSPS) is 10.6. The standard InChI is InChI=1S/C13H9ClFN3O/c14-11-2-1-3-12(15)10(11)8-17-18-13(19)9-4-6-16-7-5-9/h1-8H,(H,18,19). The number of hydrogen-bond donors (Lipinski definition) is 1. The molecule has 2 aromatic rings. The SMILES string of the molecule is O=C(NN=Cc1c(F)cccc1Cl)c1ccncc1. The molecule has 1 N–H and O–H groups in total. The number of nitrogens with one attached hydrogen (secondary N) is 1. The molecule has 0 unspecified atom stereocenters. The van der Waals surface area contributed by atoms with Crippen LogP contribution in [-0.2, 0) is 0 Å². The molecule has 96 valence electrons. The number of rotatable bonds is 3. The number of pyridine rings is 1. The van der Waals surface area contributed by atoms with Crippen LogP contribution in [0.5, 0.6) is 0 Å². The molecular formula is C13H9ClFN3O. The molecule has 1 aromatic carbocycles. The zero-order valence-electron chi connectivity index (χ0n) is 9.68. The van der Waals surface area contributed by atoms with Crippen molar-refractivity contribution >= 4 is 23.7 Å². The van der Waals surface area contributed by atoms with Crippen molar-refractivity contribution in [3.05, 3.63) is 64.7 Å². The van der Waals surface area contributed by atoms with Crippen LogP contribution < -0.4 is 5.43 Å². The molecular weight excluding hydrogens is 269 g/mol. The summed E-state index contributed by atoms with van der Waals surface area (Å²) in [6, 6.07) is 7.38. The number of benzene rings is 1. The molecule has 1 aromatic heterocycles. The minimum Gasteiger partial charge on any atom is -0.267 e. The Morgan fingerprint density at radius 1 is 1.32 bits per heavy atom. The van der Waals surface area contributed by atoms with Gasteiger partial charge in [0.05, 0.1) is 11.2 Å². The summed E-state index contributed by atoms with van der Waals surface area (Å²) in [6.45, 7) is 0. The lowest BCUT2D eigenvalue weighted by Crippen LogP contribution is -2.17. The molecule has 0 spiro atoms. The van der Waals surface area contributed by atoms with E-state index in [1.807, 2.05) is 0 Å². The fourth-order valence-electron chi connectivity index (χ4n) is 1.36. The van der Waals surface area contributed by atoms with Gasteiger partial charge in [0.25, 0.3) is 5.91 Å². The lowest BCUT2D eigenvalue weighted by atomic mass is 10.2. The zero-order valence-corrected chi connectivity index (χ0v) is 10.4. The number of carbonyl (C=O) groups excluding carboxylic acids is 1. The van der Waals surface area contributed by atoms with Crippen LogP contribution in [0.4, 0.5) is 4.39 Å². The third-order valence-corrected chi connectivity index (χ3v) is 2.63. The highest BCUT2D eigenvalue weighted by atomic mass is 35.5. The van der Waals surface area contributed by atoms with Crippen LogP contribution in [0.1, 0.15) is 15.9 Å². The summed E-state index contributed by atoms with van der Waals surface area (Å²) in [6.07, 6.45) is 4.15. The van der Waals surface area contributed by atoms with Crippen molar-refractivity contribution in [1.82, 2.24) is 10.4 Å². The van der Waals surface area contributed by atoms with Crippen molar-refractivity contribution in [2.24, 2.45) is 5.10 Å². The van der Waals surface area contributed by atoms with Crippen molar-refractivity contribution in [2.75, 3.05) is 0 Å². The lowest BCUT2D eigenvalue weighted by Gasteiger charge is -2.00. The third-order valence-electron chi connectivity index (χ3n) is 2.30. The molecule has 0 saturated carbocycles. The highest BCUT2D eigenvalue weighted by Gasteiger charge is 2.05. The lowest BCUT2D eigenvalue weighted by molar-refractivity contribution is 0.0955. The topological polar surface area (TPSA) is 54.4 Å². The molecule has 0 bridgehead atoms. The van der Waals surface area contributed by atoms with Gasteiger partial charge in [0, 0.05) is 23.5 Å². The van der Waals surface area contributed by atoms with E-state index >= 15 is 0 Å². The van der Waals surface area contributed by atoms with E-state index in [0.29, 0.717) is 5.56 Å². The van der Waals surface area contributed by atoms with Gasteiger partial charge in [-0.1, -0.05) is 17.7 Å². The molecule has 6 heteroatoms. The molecule has 1 heterocycles. The van der Waals surface area contributed by atoms with E-state index in [1.54, 1.807) is 12.1 Å². The van der Waals surface area contributed by atoms with Gasteiger partial charge in [-0.3, -0.25) is 9.78 Å². The van der Waals surface area contributed by atoms with Crippen molar-refractivity contribution in [3.63, 3.8) is 0 Å². The van der Waals surface area contributed by atoms with Gasteiger partial charge in [-0.15, -0.1) is 0 Å². The van der Waals surface area contributed by atoms with Crippen molar-refractivity contribution in [2.45, 2.75) is 0 Å². The average molecular weight is 278 g/mol. The van der Waals surface area contributed by atoms with Crippen molar-refractivity contribution in [1.29, 1.82) is 0 Å². The van der Waals surface area contributed by atoms with Crippen LogP contribution in [0.2, 0.25) is 5.02 Å². The monoisotopic (exact) mass is 277 g/mol. The summed E-state index contributed by atoms with van der Waals surface area (Å²) < 4.78 is 13.4. The van der Waals surface area contributed by atoms with E-state index in [-0.39, 0.29) is 10.6 Å². The Bertz CT molecular complexity index is 596. The van der Waals surface area contributed by atoms with E-state index in [4.69, 9.17) is 11.6 Å². The Morgan fingerprint density at radius 2 is 2.05 bits per heavy atom. The van der Waals surface area contributed by atoms with E-state index in [1.165, 1.54) is 30.6 Å². The fourth-order valence-corrected chi connectivity index (χ4v) is 1.57. The van der Waals surface area contributed by atoms with Crippen LogP contribution in [-0.4, -0.2) is 17.1 Å². The smallest absolute Gasteiger partial charge is 0.267 e. The summed E-state index contributed by atoms with van der Waals surface area (Å²) in [5.41, 5.74) is 2.81. The molecule has 0 radical (unpaired) electrons. The molecule has 0 atom stereocenters. The molecule has 1 amide bonds. The first-order chi connectivity index (χ1) is 9.18. The first kappa shape index (κ1) is 13.2. The van der Waals surface area contributed by atoms with Crippen LogP contribution in [0, 0.1) is 5.82 Å². The predicted octanol–water partition coefficient (Wildman–Crippen LogP) is 2.64. The highest BCUT2D eigenvalue weighted by molar-refractivity contribution is 6.33. The molecule has 0 aliphatic heterocycles. The second-order valence-electron chi connectivity index (χ2n) is 3.57. The molecule has 19 heavy (non-hydrogen) atoms. The molecule has 0 aliphatic rings. The van der Waals surface area contributed by atoms with Gasteiger partial charge in [0.15, 0.2) is 0 Å². The van der Waals surface area contributed by atoms with Gasteiger partial charge in [0.1, 0.15) is 5.82 Å². The number of amides is 1. The largest absolute Gasteiger partial charge is 0.271 e. The van der Waals surface area contributed by atoms with Gasteiger partial charge in [-0.25, -0.2) is 9.82 Å². The molecule has 4 nitrogen and oxygen atoms in total. The van der Waals surface area contributed by atoms with Gasteiger partial charge in [0.2, 0.25) is 0 Å². The molecule has 0 fully saturated rings. The maximum absolute atomic E-state index is 13.4. The van der Waals surface area contributed by atoms with E-state index in [2.05, 4.69) is 15.5 Å². The maximum Gasteiger partial charge on any atom is 0.271 e. The van der Waals surface area contributed by atoms with E-state index in [0.717, 1.165) is 6.21 Å². The number of aromatic nitrogens is 1. The Labute approximate surface area is 113 Å². The second-order valence-corrected chi connectivity index (χ2v) is 3.98. The summed E-state index contributed by atoms with van der Waals surface area (Å²) in [5, 5.41) is 3.89. The fraction of sp³-hybridized carbons (Fsp3) is 0. The van der Waals surface area contributed by atoms with Crippen LogP contribution in [0.25, 0.3) is 0 Å². The summed E-state index contributed by atoms with van der Waals surface area (Å²) in [5.74, 6) is -0.916. The first-order valence-electron chi connectivity index (χ1n) is 5.36. The zero-order chi connectivity index (χ0) is 13.7. The molecule has 0 saturated heterocycles. The maximum atomic E-state index is 13.4. The van der Waals surface area contributed by atoms with Gasteiger partial charge >= 0.3 is 0 Å². The number of hydrogen-bond acceptors (Lipinski definition) is 3. The first-order valence-corrected chi connectivity index (χ1v) is 5.73. The van der Waals surface area contributed by atoms with Crippen LogP contribution in [0.15, 0.2) is 47.8 Å². The number of hydrazone groups is 1. The summed E-state index contributed by atoms with van der Waals surface area (Å²) in [4.78, 5) is 15.4. The Balaban J connectivity index is 2.07. The molecule has 0 aliphatic carbocycles. The van der Waals surface area contributed by atoms with Crippen LogP contribution in [0.3, 0.4) is 0 Å². The Morgan fingerprint density at radius 3 is 2.74 bits per heavy atom. The van der Waals surface area contributed by atoms with E-state index in [9.17, 15) is 9.18 Å². The summed E-state index contributed by atoms with van der Waals surface area (Å²) >= 11 is 5.81. The van der Waals surface area contributed by atoms with Crippen LogP contribution >= 0.6 is 11.6 Å². The number of halogens is 2. The van der Waals surface area contributed by atoms with E-state index < -0.39 is 11.7 Å². The van der Waals surface area contributed by atoms with Crippen molar-refractivity contribution in [3.8, 4) is 0 Å². The van der Waals surface area contributed by atoms with Gasteiger partial charge in [-0.05, 0) is 24.3 Å². The highest BCUT2D eigenvalue weighted by Crippen LogP contribution is 2.16. The second kappa shape index (κ2) is 6.06. The predicted molar refractivity (Wildman–Crippen MR) is 70.7 cm³/mol. The van der Waals surface area contributed by atoms with Gasteiger partial charge in [-0.2, -0.15) is 5.10 Å². The average Bonchev–Trinajstić information content (AvgIpc) is 2.43. The van der Waals surface area contributed by atoms with Gasteiger partial charge < -0.3 is 0 Å². The Hall–Kier alpha value is -2.27. The minimum absolute atomic E-state index is 0.124. The molecule has 2 rings (SSSR count).